The van der Waals surface area contributed by atoms with Gasteiger partial charge in [0.25, 0.3) is 5.91 Å². The molecule has 1 unspecified atom stereocenters. The minimum atomic E-state index is -1.22. The van der Waals surface area contributed by atoms with E-state index in [0.717, 1.165) is 5.06 Å². The quantitative estimate of drug-likeness (QED) is 0.575. The Labute approximate surface area is 117 Å². The zero-order valence-corrected chi connectivity index (χ0v) is 11.5. The fourth-order valence-electron chi connectivity index (χ4n) is 1.51. The highest BCUT2D eigenvalue weighted by Crippen LogP contribution is 2.09. The lowest BCUT2D eigenvalue weighted by Gasteiger charge is -2.27. The normalized spacial score (nSPS) is 11.8. The Bertz CT molecular complexity index is 438. The summed E-state index contributed by atoms with van der Waals surface area (Å²) in [6.07, 6.45) is 1.45. The van der Waals surface area contributed by atoms with Gasteiger partial charge in [0.1, 0.15) is 5.69 Å². The molecular weight excluding hydrogens is 264 g/mol. The predicted octanol–water partition coefficient (Wildman–Crippen LogP) is 0.399. The van der Waals surface area contributed by atoms with Crippen LogP contribution < -0.4 is 0 Å². The first-order chi connectivity index (χ1) is 9.65. The van der Waals surface area contributed by atoms with Gasteiger partial charge in [-0.1, -0.05) is 6.07 Å². The zero-order chi connectivity index (χ0) is 15.0. The fourth-order valence-corrected chi connectivity index (χ4v) is 1.51. The van der Waals surface area contributed by atoms with E-state index in [1.165, 1.54) is 12.3 Å². The average molecular weight is 282 g/mol. The molecule has 1 aromatic heterocycles. The lowest BCUT2D eigenvalue weighted by Crippen LogP contribution is -2.48. The number of hydrogen-bond acceptors (Lipinski definition) is 6. The van der Waals surface area contributed by atoms with Crippen LogP contribution in [0.2, 0.25) is 0 Å². The summed E-state index contributed by atoms with van der Waals surface area (Å²) in [4.78, 5) is 33.1. The standard InChI is InChI=1S/C13H18N2O5/c1-3-19-13(18)11(9-16)15(20-4-2)12(17)10-7-5-6-8-14-10/h5-8,11,16H,3-4,9H2,1-2H3. The van der Waals surface area contributed by atoms with E-state index < -0.39 is 24.5 Å². The average Bonchev–Trinajstić information content (AvgIpc) is 2.47. The van der Waals surface area contributed by atoms with Gasteiger partial charge in [-0.05, 0) is 26.0 Å². The molecule has 1 N–H and O–H groups in total. The van der Waals surface area contributed by atoms with Crippen molar-refractivity contribution in [3.05, 3.63) is 30.1 Å². The minimum Gasteiger partial charge on any atom is -0.464 e. The van der Waals surface area contributed by atoms with E-state index in [2.05, 4.69) is 4.98 Å². The highest BCUT2D eigenvalue weighted by molar-refractivity contribution is 5.94. The number of hydrogen-bond donors (Lipinski definition) is 1. The monoisotopic (exact) mass is 282 g/mol. The van der Waals surface area contributed by atoms with Crippen molar-refractivity contribution in [2.45, 2.75) is 19.9 Å². The van der Waals surface area contributed by atoms with Crippen molar-refractivity contribution in [1.82, 2.24) is 10.0 Å². The van der Waals surface area contributed by atoms with Gasteiger partial charge in [0.05, 0.1) is 19.8 Å². The third-order valence-corrected chi connectivity index (χ3v) is 2.37. The van der Waals surface area contributed by atoms with Gasteiger partial charge in [0.2, 0.25) is 0 Å². The van der Waals surface area contributed by atoms with Crippen LogP contribution in [0, 0.1) is 0 Å². The highest BCUT2D eigenvalue weighted by Gasteiger charge is 2.32. The van der Waals surface area contributed by atoms with Crippen LogP contribution in [-0.4, -0.2) is 52.9 Å². The van der Waals surface area contributed by atoms with Gasteiger partial charge in [0.15, 0.2) is 6.04 Å². The Morgan fingerprint density at radius 2 is 2.10 bits per heavy atom. The van der Waals surface area contributed by atoms with Crippen molar-refractivity contribution in [3.8, 4) is 0 Å². The summed E-state index contributed by atoms with van der Waals surface area (Å²) in [5.41, 5.74) is 0.115. The van der Waals surface area contributed by atoms with Gasteiger partial charge in [-0.25, -0.2) is 4.79 Å². The van der Waals surface area contributed by atoms with Crippen molar-refractivity contribution >= 4 is 11.9 Å². The second-order valence-corrected chi connectivity index (χ2v) is 3.71. The highest BCUT2D eigenvalue weighted by atomic mass is 16.7. The molecule has 0 saturated carbocycles. The molecule has 1 atom stereocenters. The van der Waals surface area contributed by atoms with Crippen LogP contribution in [0.25, 0.3) is 0 Å². The maximum absolute atomic E-state index is 12.3. The number of pyridine rings is 1. The van der Waals surface area contributed by atoms with E-state index in [9.17, 15) is 14.7 Å². The van der Waals surface area contributed by atoms with Crippen LogP contribution in [0.3, 0.4) is 0 Å². The molecule has 0 saturated heterocycles. The second-order valence-electron chi connectivity index (χ2n) is 3.71. The number of aromatic nitrogens is 1. The molecule has 0 aliphatic rings. The maximum atomic E-state index is 12.3. The van der Waals surface area contributed by atoms with Crippen LogP contribution in [0.4, 0.5) is 0 Å². The predicted molar refractivity (Wildman–Crippen MR) is 69.5 cm³/mol. The number of rotatable bonds is 7. The minimum absolute atomic E-state index is 0.115. The molecule has 7 heteroatoms. The molecule has 0 aliphatic carbocycles. The largest absolute Gasteiger partial charge is 0.464 e. The zero-order valence-electron chi connectivity index (χ0n) is 11.5. The number of nitrogens with zero attached hydrogens (tertiary/aromatic N) is 2. The van der Waals surface area contributed by atoms with Crippen molar-refractivity contribution in [2.75, 3.05) is 19.8 Å². The molecule has 0 fully saturated rings. The Hall–Kier alpha value is -1.99. The topological polar surface area (TPSA) is 89.0 Å². The summed E-state index contributed by atoms with van der Waals surface area (Å²) in [7, 11) is 0. The number of aliphatic hydroxyl groups excluding tert-OH is 1. The van der Waals surface area contributed by atoms with Crippen molar-refractivity contribution in [1.29, 1.82) is 0 Å². The Morgan fingerprint density at radius 3 is 2.60 bits per heavy atom. The van der Waals surface area contributed by atoms with E-state index in [1.807, 2.05) is 0 Å². The van der Waals surface area contributed by atoms with E-state index in [0.29, 0.717) is 0 Å². The molecule has 0 bridgehead atoms. The van der Waals surface area contributed by atoms with Crippen molar-refractivity contribution in [3.63, 3.8) is 0 Å². The maximum Gasteiger partial charge on any atom is 0.333 e. The first-order valence-corrected chi connectivity index (χ1v) is 6.30. The molecule has 20 heavy (non-hydrogen) atoms. The molecule has 1 amide bonds. The Kier molecular flexibility index (Phi) is 6.61. The fraction of sp³-hybridized carbons (Fsp3) is 0.462. The Morgan fingerprint density at radius 1 is 1.35 bits per heavy atom. The smallest absolute Gasteiger partial charge is 0.333 e. The third-order valence-electron chi connectivity index (χ3n) is 2.37. The van der Waals surface area contributed by atoms with Gasteiger partial charge in [-0.15, -0.1) is 0 Å². The molecule has 1 aromatic rings. The van der Waals surface area contributed by atoms with Gasteiger partial charge < -0.3 is 9.84 Å². The van der Waals surface area contributed by atoms with Crippen LogP contribution >= 0.6 is 0 Å². The lowest BCUT2D eigenvalue weighted by atomic mass is 10.2. The van der Waals surface area contributed by atoms with Crippen LogP contribution in [0.5, 0.6) is 0 Å². The molecule has 110 valence electrons. The summed E-state index contributed by atoms with van der Waals surface area (Å²) in [5.74, 6) is -1.34. The summed E-state index contributed by atoms with van der Waals surface area (Å²) in [6, 6.07) is 3.58. The number of carbonyl (C=O) groups is 2. The molecule has 1 heterocycles. The number of carbonyl (C=O) groups excluding carboxylic acids is 2. The van der Waals surface area contributed by atoms with Crippen LogP contribution in [0.15, 0.2) is 24.4 Å². The van der Waals surface area contributed by atoms with Crippen LogP contribution in [0.1, 0.15) is 24.3 Å². The molecule has 1 rings (SSSR count). The molecule has 0 aliphatic heterocycles. The van der Waals surface area contributed by atoms with Gasteiger partial charge in [0, 0.05) is 6.20 Å². The van der Waals surface area contributed by atoms with Crippen molar-refractivity contribution in [2.24, 2.45) is 0 Å². The molecule has 0 radical (unpaired) electrons. The summed E-state index contributed by atoms with van der Waals surface area (Å²) < 4.78 is 4.82. The molecule has 0 spiro atoms. The molecule has 0 aromatic carbocycles. The lowest BCUT2D eigenvalue weighted by molar-refractivity contribution is -0.182. The van der Waals surface area contributed by atoms with E-state index >= 15 is 0 Å². The van der Waals surface area contributed by atoms with E-state index in [-0.39, 0.29) is 18.9 Å². The second kappa shape index (κ2) is 8.23. The SMILES string of the molecule is CCOC(=O)C(CO)N(OCC)C(=O)c1ccccn1. The molecule has 7 nitrogen and oxygen atoms in total. The number of aliphatic hydroxyl groups is 1. The summed E-state index contributed by atoms with van der Waals surface area (Å²) in [6.45, 7) is 3.01. The Balaban J connectivity index is 2.96. The summed E-state index contributed by atoms with van der Waals surface area (Å²) in [5, 5.41) is 10.1. The van der Waals surface area contributed by atoms with E-state index in [4.69, 9.17) is 9.57 Å². The van der Waals surface area contributed by atoms with Gasteiger partial charge in [-0.2, -0.15) is 5.06 Å². The number of hydroxylamine groups is 2. The van der Waals surface area contributed by atoms with Gasteiger partial charge >= 0.3 is 5.97 Å². The summed E-state index contributed by atoms with van der Waals surface area (Å²) >= 11 is 0. The number of amides is 1. The van der Waals surface area contributed by atoms with Crippen molar-refractivity contribution < 1.29 is 24.3 Å². The van der Waals surface area contributed by atoms with Crippen LogP contribution in [-0.2, 0) is 14.4 Å². The first kappa shape index (κ1) is 16.1. The third kappa shape index (κ3) is 4.01. The van der Waals surface area contributed by atoms with Gasteiger partial charge in [-0.3, -0.25) is 14.6 Å². The molecular formula is C13H18N2O5. The number of esters is 1. The number of ether oxygens (including phenoxy) is 1. The first-order valence-electron chi connectivity index (χ1n) is 6.30. The van der Waals surface area contributed by atoms with E-state index in [1.54, 1.807) is 26.0 Å².